The minimum atomic E-state index is -0.404. The molecule has 0 atom stereocenters. The molecule has 0 spiro atoms. The van der Waals surface area contributed by atoms with Gasteiger partial charge in [0.1, 0.15) is 11.3 Å². The number of aromatic nitrogens is 2. The van der Waals surface area contributed by atoms with Crippen LogP contribution in [0.1, 0.15) is 20.9 Å². The predicted molar refractivity (Wildman–Crippen MR) is 94.5 cm³/mol. The fourth-order valence-electron chi connectivity index (χ4n) is 2.44. The first-order valence-electron chi connectivity index (χ1n) is 7.34. The topological polar surface area (TPSA) is 63.9 Å². The Morgan fingerprint density at radius 2 is 2.08 bits per heavy atom. The maximum atomic E-state index is 12.8. The van der Waals surface area contributed by atoms with Gasteiger partial charge in [-0.2, -0.15) is 0 Å². The van der Waals surface area contributed by atoms with Crippen molar-refractivity contribution in [1.82, 2.24) is 9.38 Å². The van der Waals surface area contributed by atoms with Crippen LogP contribution in [0.25, 0.3) is 4.96 Å². The van der Waals surface area contributed by atoms with Gasteiger partial charge in [-0.3, -0.25) is 14.0 Å². The molecule has 0 aliphatic carbocycles. The minimum Gasteiger partial charge on any atom is -0.497 e. The van der Waals surface area contributed by atoms with E-state index >= 15 is 0 Å². The number of hydrogen-bond donors (Lipinski definition) is 0. The number of benzene rings is 1. The van der Waals surface area contributed by atoms with Gasteiger partial charge in [-0.05, 0) is 26.0 Å². The summed E-state index contributed by atoms with van der Waals surface area (Å²) in [6.07, 6.45) is 1.35. The van der Waals surface area contributed by atoms with E-state index in [0.29, 0.717) is 16.4 Å². The quantitative estimate of drug-likeness (QED) is 0.733. The second-order valence-corrected chi connectivity index (χ2v) is 6.59. The van der Waals surface area contributed by atoms with Crippen molar-refractivity contribution >= 4 is 27.9 Å². The third kappa shape index (κ3) is 2.56. The normalized spacial score (nSPS) is 10.8. The minimum absolute atomic E-state index is 0.0405. The Labute approximate surface area is 142 Å². The third-order valence-electron chi connectivity index (χ3n) is 3.99. The average molecular weight is 343 g/mol. The van der Waals surface area contributed by atoms with Crippen LogP contribution < -0.4 is 15.2 Å². The summed E-state index contributed by atoms with van der Waals surface area (Å²) < 4.78 is 6.67. The number of nitrogens with zero attached hydrogens (tertiary/aromatic N) is 3. The van der Waals surface area contributed by atoms with E-state index in [1.165, 1.54) is 26.8 Å². The molecule has 6 nitrogen and oxygen atoms in total. The van der Waals surface area contributed by atoms with E-state index in [9.17, 15) is 9.59 Å². The zero-order valence-electron chi connectivity index (χ0n) is 13.9. The fraction of sp³-hybridized carbons (Fsp3) is 0.235. The van der Waals surface area contributed by atoms with Crippen molar-refractivity contribution in [3.63, 3.8) is 0 Å². The van der Waals surface area contributed by atoms with Crippen LogP contribution in [0.4, 0.5) is 5.69 Å². The highest BCUT2D eigenvalue weighted by Crippen LogP contribution is 2.22. The molecule has 0 bridgehead atoms. The van der Waals surface area contributed by atoms with Gasteiger partial charge < -0.3 is 9.64 Å². The number of aryl methyl sites for hydroxylation is 2. The summed E-state index contributed by atoms with van der Waals surface area (Å²) in [7, 11) is 3.18. The van der Waals surface area contributed by atoms with Gasteiger partial charge in [0.05, 0.1) is 7.11 Å². The molecule has 0 N–H and O–H groups in total. The molecule has 2 heterocycles. The summed E-state index contributed by atoms with van der Waals surface area (Å²) in [5.41, 5.74) is 1.15. The van der Waals surface area contributed by atoms with Gasteiger partial charge in [0, 0.05) is 35.6 Å². The van der Waals surface area contributed by atoms with E-state index in [1.807, 2.05) is 13.8 Å². The van der Waals surface area contributed by atoms with Crippen LogP contribution >= 0.6 is 11.3 Å². The molecule has 0 radical (unpaired) electrons. The Morgan fingerprint density at radius 3 is 2.79 bits per heavy atom. The van der Waals surface area contributed by atoms with Crippen molar-refractivity contribution in [3.05, 3.63) is 57.0 Å². The number of anilines is 1. The molecule has 124 valence electrons. The third-order valence-corrected chi connectivity index (χ3v) is 5.07. The molecule has 3 aromatic rings. The lowest BCUT2D eigenvalue weighted by Crippen LogP contribution is -2.33. The summed E-state index contributed by atoms with van der Waals surface area (Å²) in [5.74, 6) is 0.236. The number of amides is 1. The number of carbonyl (C=O) groups excluding carboxylic acids is 1. The van der Waals surface area contributed by atoms with Crippen molar-refractivity contribution in [2.24, 2.45) is 0 Å². The lowest BCUT2D eigenvalue weighted by atomic mass is 10.2. The molecule has 0 saturated heterocycles. The first kappa shape index (κ1) is 16.2. The molecule has 2 aromatic heterocycles. The number of thiazole rings is 1. The van der Waals surface area contributed by atoms with E-state index in [0.717, 1.165) is 10.6 Å². The zero-order chi connectivity index (χ0) is 17.4. The van der Waals surface area contributed by atoms with Crippen LogP contribution in [0.2, 0.25) is 0 Å². The molecule has 0 aliphatic rings. The second-order valence-electron chi connectivity index (χ2n) is 5.40. The molecule has 0 fully saturated rings. The van der Waals surface area contributed by atoms with Gasteiger partial charge in [0.25, 0.3) is 11.5 Å². The molecule has 0 unspecified atom stereocenters. The number of fused-ring (bicyclic) bond motifs is 1. The molecule has 1 aromatic carbocycles. The monoisotopic (exact) mass is 343 g/mol. The molecular formula is C17H17N3O3S. The van der Waals surface area contributed by atoms with Crippen molar-refractivity contribution in [2.75, 3.05) is 19.1 Å². The van der Waals surface area contributed by atoms with Crippen LogP contribution in [0, 0.1) is 13.8 Å². The van der Waals surface area contributed by atoms with Gasteiger partial charge in [-0.25, -0.2) is 4.98 Å². The van der Waals surface area contributed by atoms with Gasteiger partial charge in [-0.15, -0.1) is 11.3 Å². The van der Waals surface area contributed by atoms with E-state index in [-0.39, 0.29) is 11.1 Å². The molecule has 0 saturated carbocycles. The number of methoxy groups -OCH3 is 1. The molecule has 1 amide bonds. The molecule has 24 heavy (non-hydrogen) atoms. The fourth-order valence-corrected chi connectivity index (χ4v) is 3.37. The van der Waals surface area contributed by atoms with Gasteiger partial charge in [0.2, 0.25) is 0 Å². The highest BCUT2D eigenvalue weighted by atomic mass is 32.1. The van der Waals surface area contributed by atoms with Crippen molar-refractivity contribution < 1.29 is 9.53 Å². The first-order valence-corrected chi connectivity index (χ1v) is 8.15. The van der Waals surface area contributed by atoms with E-state index in [4.69, 9.17) is 4.74 Å². The average Bonchev–Trinajstić information content (AvgIpc) is 2.89. The first-order chi connectivity index (χ1) is 11.4. The summed E-state index contributed by atoms with van der Waals surface area (Å²) in [6.45, 7) is 3.78. The zero-order valence-corrected chi connectivity index (χ0v) is 14.7. The van der Waals surface area contributed by atoms with Gasteiger partial charge in [0.15, 0.2) is 4.96 Å². The predicted octanol–water partition coefficient (Wildman–Crippen LogP) is 2.66. The van der Waals surface area contributed by atoms with Crippen LogP contribution in [0.3, 0.4) is 0 Å². The van der Waals surface area contributed by atoms with Crippen LogP contribution in [-0.2, 0) is 0 Å². The Kier molecular flexibility index (Phi) is 4.11. The highest BCUT2D eigenvalue weighted by Gasteiger charge is 2.20. The maximum absolute atomic E-state index is 12.8. The Hall–Kier alpha value is -2.67. The molecule has 7 heteroatoms. The van der Waals surface area contributed by atoms with Gasteiger partial charge in [-0.1, -0.05) is 6.07 Å². The summed E-state index contributed by atoms with van der Waals surface area (Å²) in [5, 5.41) is 0. The maximum Gasteiger partial charge on any atom is 0.271 e. The summed E-state index contributed by atoms with van der Waals surface area (Å²) in [6, 6.07) is 7.10. The van der Waals surface area contributed by atoms with Crippen LogP contribution in [0.5, 0.6) is 5.75 Å². The largest absolute Gasteiger partial charge is 0.497 e. The number of rotatable bonds is 3. The van der Waals surface area contributed by atoms with E-state index in [2.05, 4.69) is 4.98 Å². The highest BCUT2D eigenvalue weighted by molar-refractivity contribution is 7.17. The van der Waals surface area contributed by atoms with Crippen LogP contribution in [-0.4, -0.2) is 29.4 Å². The van der Waals surface area contributed by atoms with Crippen molar-refractivity contribution in [3.8, 4) is 5.75 Å². The number of ether oxygens (including phenoxy) is 1. The van der Waals surface area contributed by atoms with E-state index < -0.39 is 5.91 Å². The standard InChI is InChI=1S/C17H17N3O3S/c1-10-11(2)24-17-18-9-14(16(22)20(10)17)15(21)19(3)12-6-5-7-13(8-12)23-4/h5-9H,1-4H3. The molecule has 0 aliphatic heterocycles. The lowest BCUT2D eigenvalue weighted by Gasteiger charge is -2.17. The summed E-state index contributed by atoms with van der Waals surface area (Å²) >= 11 is 1.43. The van der Waals surface area contributed by atoms with Crippen LogP contribution in [0.15, 0.2) is 35.3 Å². The Morgan fingerprint density at radius 1 is 1.33 bits per heavy atom. The van der Waals surface area contributed by atoms with Crippen molar-refractivity contribution in [1.29, 1.82) is 0 Å². The molecular weight excluding hydrogens is 326 g/mol. The summed E-state index contributed by atoms with van der Waals surface area (Å²) in [4.78, 5) is 32.8. The second kappa shape index (κ2) is 6.09. The SMILES string of the molecule is COc1cccc(N(C)C(=O)c2cnc3sc(C)c(C)n3c2=O)c1. The number of carbonyl (C=O) groups is 1. The smallest absolute Gasteiger partial charge is 0.271 e. The van der Waals surface area contributed by atoms with Crippen molar-refractivity contribution in [2.45, 2.75) is 13.8 Å². The lowest BCUT2D eigenvalue weighted by molar-refractivity contribution is 0.0991. The number of hydrogen-bond acceptors (Lipinski definition) is 5. The van der Waals surface area contributed by atoms with E-state index in [1.54, 1.807) is 38.4 Å². The Balaban J connectivity index is 2.06. The van der Waals surface area contributed by atoms with Gasteiger partial charge >= 0.3 is 0 Å². The molecule has 3 rings (SSSR count). The Bertz CT molecular complexity index is 990.